The highest BCUT2D eigenvalue weighted by Crippen LogP contribution is 2.23. The van der Waals surface area contributed by atoms with Gasteiger partial charge in [0, 0.05) is 37.4 Å². The molecule has 2 heterocycles. The molecule has 3 aromatic rings. The molecule has 1 aliphatic heterocycles. The molecule has 162 valence electrons. The van der Waals surface area contributed by atoms with Gasteiger partial charge >= 0.3 is 6.03 Å². The summed E-state index contributed by atoms with van der Waals surface area (Å²) in [5.41, 5.74) is 2.04. The Balaban J connectivity index is 1.42. The zero-order chi connectivity index (χ0) is 21.5. The Morgan fingerprint density at radius 1 is 1.10 bits per heavy atom. The first kappa shape index (κ1) is 21.0. The van der Waals surface area contributed by atoms with Crippen LogP contribution in [0.3, 0.4) is 0 Å². The number of ether oxygens (including phenoxy) is 1. The number of furan rings is 1. The molecule has 2 aromatic carbocycles. The Kier molecular flexibility index (Phi) is 6.89. The molecule has 0 saturated carbocycles. The number of carbonyl (C=O) groups excluding carboxylic acids is 1. The van der Waals surface area contributed by atoms with E-state index < -0.39 is 0 Å². The highest BCUT2D eigenvalue weighted by molar-refractivity contribution is 5.89. The predicted molar refractivity (Wildman–Crippen MR) is 121 cm³/mol. The van der Waals surface area contributed by atoms with Gasteiger partial charge in [-0.25, -0.2) is 4.79 Å². The Bertz CT molecular complexity index is 951. The molecule has 0 bridgehead atoms. The van der Waals surface area contributed by atoms with Gasteiger partial charge in [-0.15, -0.1) is 0 Å². The van der Waals surface area contributed by atoms with Crippen molar-refractivity contribution in [3.8, 4) is 5.75 Å². The minimum atomic E-state index is -0.119. The highest BCUT2D eigenvalue weighted by Gasteiger charge is 2.29. The predicted octanol–water partition coefficient (Wildman–Crippen LogP) is 4.99. The van der Waals surface area contributed by atoms with Gasteiger partial charge < -0.3 is 19.4 Å². The molecule has 0 aliphatic carbocycles. The van der Waals surface area contributed by atoms with Crippen LogP contribution in [0.4, 0.5) is 10.5 Å². The van der Waals surface area contributed by atoms with Crippen LogP contribution < -0.4 is 10.1 Å². The van der Waals surface area contributed by atoms with Crippen molar-refractivity contribution in [1.82, 2.24) is 9.80 Å². The van der Waals surface area contributed by atoms with Crippen LogP contribution in [0.2, 0.25) is 0 Å². The lowest BCUT2D eigenvalue weighted by Gasteiger charge is -2.38. The van der Waals surface area contributed by atoms with Crippen LogP contribution in [0.5, 0.6) is 5.75 Å². The van der Waals surface area contributed by atoms with Gasteiger partial charge in [0.2, 0.25) is 0 Å². The maximum atomic E-state index is 13.2. The van der Waals surface area contributed by atoms with Gasteiger partial charge in [-0.3, -0.25) is 4.90 Å². The maximum absolute atomic E-state index is 13.2. The van der Waals surface area contributed by atoms with E-state index in [1.807, 2.05) is 47.4 Å². The molecule has 1 aliphatic rings. The van der Waals surface area contributed by atoms with Gasteiger partial charge in [0.25, 0.3) is 0 Å². The van der Waals surface area contributed by atoms with Crippen molar-refractivity contribution in [3.05, 3.63) is 84.3 Å². The van der Waals surface area contributed by atoms with E-state index in [-0.39, 0.29) is 12.1 Å². The second-order valence-electron chi connectivity index (χ2n) is 7.86. The quantitative estimate of drug-likeness (QED) is 0.586. The van der Waals surface area contributed by atoms with E-state index in [1.165, 1.54) is 5.56 Å². The fourth-order valence-corrected chi connectivity index (χ4v) is 4.06. The molecule has 1 fully saturated rings. The van der Waals surface area contributed by atoms with Crippen molar-refractivity contribution in [2.75, 3.05) is 25.5 Å². The molecule has 1 N–H and O–H groups in total. The first-order chi connectivity index (χ1) is 15.2. The minimum absolute atomic E-state index is 0.119. The summed E-state index contributed by atoms with van der Waals surface area (Å²) >= 11 is 0. The summed E-state index contributed by atoms with van der Waals surface area (Å²) in [5, 5.41) is 3.03. The van der Waals surface area contributed by atoms with Gasteiger partial charge in [0.15, 0.2) is 0 Å². The Labute approximate surface area is 183 Å². The molecular formula is C25H29N3O3. The number of benzene rings is 2. The summed E-state index contributed by atoms with van der Waals surface area (Å²) in [5.74, 6) is 1.50. The summed E-state index contributed by atoms with van der Waals surface area (Å²) in [4.78, 5) is 17.6. The summed E-state index contributed by atoms with van der Waals surface area (Å²) in [6.07, 6.45) is 3.51. The monoisotopic (exact) mass is 419 g/mol. The van der Waals surface area contributed by atoms with Crippen LogP contribution in [-0.2, 0) is 13.1 Å². The number of likely N-dealkylation sites (tertiary alicyclic amines) is 1. The first-order valence-corrected chi connectivity index (χ1v) is 10.7. The third-order valence-electron chi connectivity index (χ3n) is 5.74. The second-order valence-corrected chi connectivity index (χ2v) is 7.86. The van der Waals surface area contributed by atoms with E-state index in [1.54, 1.807) is 13.4 Å². The molecule has 31 heavy (non-hydrogen) atoms. The molecule has 0 unspecified atom stereocenters. The number of hydrogen-bond acceptors (Lipinski definition) is 4. The third-order valence-corrected chi connectivity index (χ3v) is 5.74. The maximum Gasteiger partial charge on any atom is 0.322 e. The number of hydrogen-bond donors (Lipinski definition) is 1. The fourth-order valence-electron chi connectivity index (χ4n) is 4.06. The van der Waals surface area contributed by atoms with Crippen LogP contribution in [0.15, 0.2) is 77.4 Å². The summed E-state index contributed by atoms with van der Waals surface area (Å²) in [6.45, 7) is 3.31. The van der Waals surface area contributed by atoms with Crippen LogP contribution in [-0.4, -0.2) is 42.1 Å². The molecule has 6 nitrogen and oxygen atoms in total. The molecule has 0 radical (unpaired) electrons. The summed E-state index contributed by atoms with van der Waals surface area (Å²) < 4.78 is 10.8. The Morgan fingerprint density at radius 3 is 2.61 bits per heavy atom. The fraction of sp³-hybridized carbons (Fsp3) is 0.320. The number of nitrogens with zero attached hydrogens (tertiary/aromatic N) is 2. The number of anilines is 1. The minimum Gasteiger partial charge on any atom is -0.497 e. The summed E-state index contributed by atoms with van der Waals surface area (Å²) in [7, 11) is 1.62. The van der Waals surface area contributed by atoms with E-state index in [2.05, 4.69) is 34.5 Å². The van der Waals surface area contributed by atoms with Crippen LogP contribution in [0, 0.1) is 0 Å². The van der Waals surface area contributed by atoms with Gasteiger partial charge in [-0.1, -0.05) is 36.4 Å². The molecule has 1 saturated heterocycles. The molecule has 0 spiro atoms. The van der Waals surface area contributed by atoms with E-state index in [0.717, 1.165) is 43.9 Å². The van der Waals surface area contributed by atoms with Gasteiger partial charge in [0.1, 0.15) is 11.5 Å². The van der Waals surface area contributed by atoms with E-state index in [4.69, 9.17) is 9.15 Å². The van der Waals surface area contributed by atoms with Crippen molar-refractivity contribution in [3.63, 3.8) is 0 Å². The Morgan fingerprint density at radius 2 is 1.90 bits per heavy atom. The van der Waals surface area contributed by atoms with E-state index in [9.17, 15) is 4.79 Å². The topological polar surface area (TPSA) is 58.0 Å². The van der Waals surface area contributed by atoms with E-state index >= 15 is 0 Å². The zero-order valence-corrected chi connectivity index (χ0v) is 17.9. The standard InChI is InChI=1S/C25H29N3O3/c1-30-23-10-5-9-21(17-23)26-25(29)28(19-24-11-6-16-31-24)22-12-14-27(15-13-22)18-20-7-3-2-4-8-20/h2-11,16-17,22H,12-15,18-19H2,1H3,(H,26,29). The molecule has 0 atom stereocenters. The lowest BCUT2D eigenvalue weighted by molar-refractivity contribution is 0.115. The summed E-state index contributed by atoms with van der Waals surface area (Å²) in [6, 6.07) is 21.8. The molecule has 2 amide bonds. The molecular weight excluding hydrogens is 390 g/mol. The SMILES string of the molecule is COc1cccc(NC(=O)N(Cc2ccco2)C2CCN(Cc3ccccc3)CC2)c1. The average molecular weight is 420 g/mol. The average Bonchev–Trinajstić information content (AvgIpc) is 3.32. The lowest BCUT2D eigenvalue weighted by atomic mass is 10.0. The number of carbonyl (C=O) groups is 1. The second kappa shape index (κ2) is 10.2. The van der Waals surface area contributed by atoms with Crippen molar-refractivity contribution in [2.24, 2.45) is 0 Å². The van der Waals surface area contributed by atoms with Crippen molar-refractivity contribution in [1.29, 1.82) is 0 Å². The third kappa shape index (κ3) is 5.67. The van der Waals surface area contributed by atoms with E-state index in [0.29, 0.717) is 12.3 Å². The first-order valence-electron chi connectivity index (χ1n) is 10.7. The van der Waals surface area contributed by atoms with Gasteiger partial charge in [-0.2, -0.15) is 0 Å². The van der Waals surface area contributed by atoms with Crippen LogP contribution in [0.25, 0.3) is 0 Å². The highest BCUT2D eigenvalue weighted by atomic mass is 16.5. The van der Waals surface area contributed by atoms with Crippen molar-refractivity contribution in [2.45, 2.75) is 32.0 Å². The largest absolute Gasteiger partial charge is 0.497 e. The van der Waals surface area contributed by atoms with Gasteiger partial charge in [0.05, 0.1) is 19.9 Å². The number of piperidine rings is 1. The lowest BCUT2D eigenvalue weighted by Crippen LogP contribution is -2.48. The molecule has 4 rings (SSSR count). The number of methoxy groups -OCH3 is 1. The van der Waals surface area contributed by atoms with Crippen molar-refractivity contribution < 1.29 is 13.9 Å². The van der Waals surface area contributed by atoms with Gasteiger partial charge in [-0.05, 0) is 42.7 Å². The number of urea groups is 1. The number of nitrogens with one attached hydrogen (secondary N) is 1. The van der Waals surface area contributed by atoms with Crippen LogP contribution in [0.1, 0.15) is 24.2 Å². The zero-order valence-electron chi connectivity index (χ0n) is 17.9. The number of amides is 2. The Hall–Kier alpha value is -3.25. The normalized spacial score (nSPS) is 14.9. The molecule has 1 aromatic heterocycles. The molecule has 6 heteroatoms. The smallest absolute Gasteiger partial charge is 0.322 e. The number of rotatable bonds is 7. The van der Waals surface area contributed by atoms with Crippen molar-refractivity contribution >= 4 is 11.7 Å². The van der Waals surface area contributed by atoms with Crippen LogP contribution >= 0.6 is 0 Å².